The van der Waals surface area contributed by atoms with Gasteiger partial charge < -0.3 is 9.64 Å². The van der Waals surface area contributed by atoms with Crippen molar-refractivity contribution >= 4 is 22.9 Å². The number of amides is 1. The van der Waals surface area contributed by atoms with E-state index in [4.69, 9.17) is 16.3 Å². The number of halogens is 1. The van der Waals surface area contributed by atoms with Gasteiger partial charge in [-0.15, -0.1) is 0 Å². The zero-order chi connectivity index (χ0) is 10.6. The molecule has 0 spiro atoms. The number of hydrogen-bond donors (Lipinski definition) is 0. The average molecular weight is 220 g/mol. The monoisotopic (exact) mass is 219 g/mol. The summed E-state index contributed by atoms with van der Waals surface area (Å²) in [5.41, 5.74) is 0. The van der Waals surface area contributed by atoms with Gasteiger partial charge in [0.1, 0.15) is 0 Å². The summed E-state index contributed by atoms with van der Waals surface area (Å²) in [6.45, 7) is 3.18. The lowest BCUT2D eigenvalue weighted by Gasteiger charge is -2.29. The van der Waals surface area contributed by atoms with Crippen LogP contribution in [0, 0.1) is 5.92 Å². The SMILES string of the molecule is CCOC(=O)[C@H]1CCCN(C(=O)Cl)C1. The highest BCUT2D eigenvalue weighted by Crippen LogP contribution is 2.18. The van der Waals surface area contributed by atoms with Crippen LogP contribution in [-0.4, -0.2) is 35.9 Å². The van der Waals surface area contributed by atoms with Crippen LogP contribution < -0.4 is 0 Å². The Hall–Kier alpha value is -0.770. The highest BCUT2D eigenvalue weighted by atomic mass is 35.5. The van der Waals surface area contributed by atoms with Crippen molar-refractivity contribution in [3.05, 3.63) is 0 Å². The summed E-state index contributed by atoms with van der Waals surface area (Å²) in [6.07, 6.45) is 1.58. The van der Waals surface area contributed by atoms with E-state index in [2.05, 4.69) is 0 Å². The van der Waals surface area contributed by atoms with Gasteiger partial charge in [-0.3, -0.25) is 9.59 Å². The lowest BCUT2D eigenvalue weighted by molar-refractivity contribution is -0.149. The van der Waals surface area contributed by atoms with Crippen molar-refractivity contribution in [2.75, 3.05) is 19.7 Å². The largest absolute Gasteiger partial charge is 0.466 e. The molecule has 0 aromatic carbocycles. The molecule has 0 N–H and O–H groups in total. The third kappa shape index (κ3) is 2.87. The van der Waals surface area contributed by atoms with E-state index in [1.165, 1.54) is 4.90 Å². The molecule has 0 radical (unpaired) electrons. The van der Waals surface area contributed by atoms with E-state index in [1.54, 1.807) is 6.92 Å². The van der Waals surface area contributed by atoms with E-state index >= 15 is 0 Å². The van der Waals surface area contributed by atoms with Crippen molar-refractivity contribution in [1.82, 2.24) is 4.90 Å². The topological polar surface area (TPSA) is 46.6 Å². The Kier molecular flexibility index (Phi) is 4.20. The Morgan fingerprint density at radius 2 is 2.29 bits per heavy atom. The molecule has 0 unspecified atom stereocenters. The highest BCUT2D eigenvalue weighted by molar-refractivity contribution is 6.62. The number of piperidine rings is 1. The molecule has 0 saturated carbocycles. The van der Waals surface area contributed by atoms with Crippen LogP contribution in [0.1, 0.15) is 19.8 Å². The van der Waals surface area contributed by atoms with Gasteiger partial charge in [-0.05, 0) is 31.4 Å². The molecule has 1 saturated heterocycles. The number of carbonyl (C=O) groups excluding carboxylic acids is 2. The van der Waals surface area contributed by atoms with Gasteiger partial charge in [-0.1, -0.05) is 0 Å². The molecule has 80 valence electrons. The van der Waals surface area contributed by atoms with Gasteiger partial charge >= 0.3 is 11.3 Å². The lowest BCUT2D eigenvalue weighted by atomic mass is 9.99. The van der Waals surface area contributed by atoms with Gasteiger partial charge in [0.15, 0.2) is 0 Å². The van der Waals surface area contributed by atoms with Crippen molar-refractivity contribution in [3.63, 3.8) is 0 Å². The van der Waals surface area contributed by atoms with E-state index in [9.17, 15) is 9.59 Å². The van der Waals surface area contributed by atoms with Gasteiger partial charge in [0.25, 0.3) is 0 Å². The molecule has 1 amide bonds. The molecule has 5 heteroatoms. The Balaban J connectivity index is 2.47. The minimum absolute atomic E-state index is 0.202. The summed E-state index contributed by atoms with van der Waals surface area (Å²) < 4.78 is 4.89. The Morgan fingerprint density at radius 1 is 1.57 bits per heavy atom. The fourth-order valence-electron chi connectivity index (χ4n) is 1.59. The third-order valence-corrected chi connectivity index (χ3v) is 2.53. The fourth-order valence-corrected chi connectivity index (χ4v) is 1.74. The van der Waals surface area contributed by atoms with Crippen molar-refractivity contribution in [2.45, 2.75) is 19.8 Å². The van der Waals surface area contributed by atoms with Crippen molar-refractivity contribution in [1.29, 1.82) is 0 Å². The maximum Gasteiger partial charge on any atom is 0.316 e. The van der Waals surface area contributed by atoms with E-state index in [1.807, 2.05) is 0 Å². The number of rotatable bonds is 2. The van der Waals surface area contributed by atoms with Crippen molar-refractivity contribution in [2.24, 2.45) is 5.92 Å². The lowest BCUT2D eigenvalue weighted by Crippen LogP contribution is -2.40. The summed E-state index contributed by atoms with van der Waals surface area (Å²) in [4.78, 5) is 23.7. The summed E-state index contributed by atoms with van der Waals surface area (Å²) in [6, 6.07) is 0. The predicted octanol–water partition coefficient (Wildman–Crippen LogP) is 1.62. The van der Waals surface area contributed by atoms with Crippen molar-refractivity contribution in [3.8, 4) is 0 Å². The van der Waals surface area contributed by atoms with Gasteiger partial charge in [0, 0.05) is 13.1 Å². The molecule has 0 aliphatic carbocycles. The number of carbonyl (C=O) groups is 2. The van der Waals surface area contributed by atoms with E-state index in [0.29, 0.717) is 19.7 Å². The van der Waals surface area contributed by atoms with Crippen LogP contribution >= 0.6 is 11.6 Å². The second kappa shape index (κ2) is 5.20. The maximum atomic E-state index is 11.4. The molecule has 0 bridgehead atoms. The molecule has 1 rings (SSSR count). The summed E-state index contributed by atoms with van der Waals surface area (Å²) in [5, 5.41) is -0.487. The second-order valence-corrected chi connectivity index (χ2v) is 3.61. The molecule has 0 aromatic heterocycles. The summed E-state index contributed by atoms with van der Waals surface area (Å²) >= 11 is 5.34. The summed E-state index contributed by atoms with van der Waals surface area (Å²) in [5.74, 6) is -0.429. The molecule has 0 aromatic rings. The smallest absolute Gasteiger partial charge is 0.316 e. The van der Waals surface area contributed by atoms with Crippen LogP contribution in [-0.2, 0) is 9.53 Å². The molecular formula is C9H14ClNO3. The third-order valence-electron chi connectivity index (χ3n) is 2.29. The molecule has 1 aliphatic rings. The summed E-state index contributed by atoms with van der Waals surface area (Å²) in [7, 11) is 0. The molecule has 1 atom stereocenters. The Morgan fingerprint density at radius 3 is 2.86 bits per heavy atom. The van der Waals surface area contributed by atoms with Crippen LogP contribution in [0.4, 0.5) is 4.79 Å². The van der Waals surface area contributed by atoms with E-state index < -0.39 is 5.37 Å². The predicted molar refractivity (Wildman–Crippen MR) is 52.2 cm³/mol. The van der Waals surface area contributed by atoms with Crippen LogP contribution in [0.25, 0.3) is 0 Å². The second-order valence-electron chi connectivity index (χ2n) is 3.29. The normalized spacial score (nSPS) is 21.9. The minimum atomic E-state index is -0.487. The van der Waals surface area contributed by atoms with E-state index in [-0.39, 0.29) is 11.9 Å². The average Bonchev–Trinajstić information content (AvgIpc) is 2.18. The van der Waals surface area contributed by atoms with Crippen LogP contribution in [0.15, 0.2) is 0 Å². The maximum absolute atomic E-state index is 11.4. The number of likely N-dealkylation sites (tertiary alicyclic amines) is 1. The fraction of sp³-hybridized carbons (Fsp3) is 0.778. The van der Waals surface area contributed by atoms with Gasteiger partial charge in [-0.2, -0.15) is 0 Å². The number of nitrogens with zero attached hydrogens (tertiary/aromatic N) is 1. The van der Waals surface area contributed by atoms with Gasteiger partial charge in [0.05, 0.1) is 12.5 Å². The van der Waals surface area contributed by atoms with Crippen LogP contribution in [0.5, 0.6) is 0 Å². The van der Waals surface area contributed by atoms with Crippen LogP contribution in [0.2, 0.25) is 0 Å². The standard InChI is InChI=1S/C9H14ClNO3/c1-2-14-8(12)7-4-3-5-11(6-7)9(10)13/h7H,2-6H2,1H3/t7-/m0/s1. The first-order valence-electron chi connectivity index (χ1n) is 4.76. The zero-order valence-corrected chi connectivity index (χ0v) is 8.92. The van der Waals surface area contributed by atoms with Gasteiger partial charge in [0.2, 0.25) is 0 Å². The molecule has 1 heterocycles. The molecule has 1 aliphatic heterocycles. The Bertz CT molecular complexity index is 232. The van der Waals surface area contributed by atoms with E-state index in [0.717, 1.165) is 12.8 Å². The Labute approximate surface area is 88.2 Å². The number of hydrogen-bond acceptors (Lipinski definition) is 3. The number of esters is 1. The highest BCUT2D eigenvalue weighted by Gasteiger charge is 2.28. The molecule has 14 heavy (non-hydrogen) atoms. The van der Waals surface area contributed by atoms with Crippen molar-refractivity contribution < 1.29 is 14.3 Å². The van der Waals surface area contributed by atoms with Gasteiger partial charge in [-0.25, -0.2) is 0 Å². The molecular weight excluding hydrogens is 206 g/mol. The van der Waals surface area contributed by atoms with Crippen LogP contribution in [0.3, 0.4) is 0 Å². The first kappa shape index (κ1) is 11.3. The molecule has 1 fully saturated rings. The minimum Gasteiger partial charge on any atom is -0.466 e. The number of ether oxygens (including phenoxy) is 1. The molecule has 4 nitrogen and oxygen atoms in total. The zero-order valence-electron chi connectivity index (χ0n) is 8.16. The quantitative estimate of drug-likeness (QED) is 0.403. The first-order valence-corrected chi connectivity index (χ1v) is 5.14. The first-order chi connectivity index (χ1) is 6.65.